The summed E-state index contributed by atoms with van der Waals surface area (Å²) >= 11 is 5.02. The minimum absolute atomic E-state index is 0.0862. The molecule has 0 bridgehead atoms. The molecule has 0 saturated heterocycles. The van der Waals surface area contributed by atoms with Crippen molar-refractivity contribution >= 4 is 37.4 Å². The maximum Gasteiger partial charge on any atom is 0.276 e. The number of rotatable bonds is 4. The van der Waals surface area contributed by atoms with Gasteiger partial charge >= 0.3 is 0 Å². The summed E-state index contributed by atoms with van der Waals surface area (Å²) in [5.41, 5.74) is 2.60. The van der Waals surface area contributed by atoms with E-state index in [4.69, 9.17) is 0 Å². The van der Waals surface area contributed by atoms with Crippen LogP contribution in [-0.4, -0.2) is 19.7 Å². The van der Waals surface area contributed by atoms with Crippen LogP contribution >= 0.6 is 27.3 Å². The molecule has 0 spiro atoms. The summed E-state index contributed by atoms with van der Waals surface area (Å²) in [5, 5.41) is 7.24. The van der Waals surface area contributed by atoms with Gasteiger partial charge in [-0.15, -0.1) is 11.3 Å². The first-order valence-corrected chi connectivity index (χ1v) is 9.39. The molecule has 25 heavy (non-hydrogen) atoms. The van der Waals surface area contributed by atoms with Crippen LogP contribution in [-0.2, 0) is 13.0 Å². The highest BCUT2D eigenvalue weighted by Crippen LogP contribution is 2.33. The molecule has 0 saturated carbocycles. The van der Waals surface area contributed by atoms with Gasteiger partial charge in [0.05, 0.1) is 16.6 Å². The number of aryl methyl sites for hydroxylation is 2. The van der Waals surface area contributed by atoms with Crippen LogP contribution in [0.2, 0.25) is 0 Å². The van der Waals surface area contributed by atoms with Crippen molar-refractivity contribution in [1.82, 2.24) is 19.7 Å². The number of hydrogen-bond donors (Lipinski definition) is 0. The van der Waals surface area contributed by atoms with Crippen molar-refractivity contribution in [3.63, 3.8) is 0 Å². The van der Waals surface area contributed by atoms with Crippen molar-refractivity contribution in [2.45, 2.75) is 13.0 Å². The molecule has 0 fully saturated rings. The Bertz CT molecular complexity index is 1080. The Morgan fingerprint density at radius 2 is 1.96 bits per heavy atom. The maximum atomic E-state index is 12.9. The SMILES string of the molecule is O=c1c2c(Br)csc2c(-c2ccncc2)nn1CCc1ccccn1. The zero-order chi connectivity index (χ0) is 17.2. The van der Waals surface area contributed by atoms with E-state index >= 15 is 0 Å². The van der Waals surface area contributed by atoms with Gasteiger partial charge in [-0.25, -0.2) is 4.68 Å². The highest BCUT2D eigenvalue weighted by molar-refractivity contribution is 9.10. The monoisotopic (exact) mass is 412 g/mol. The van der Waals surface area contributed by atoms with Crippen molar-refractivity contribution in [2.24, 2.45) is 0 Å². The van der Waals surface area contributed by atoms with E-state index in [-0.39, 0.29) is 5.56 Å². The number of halogens is 1. The molecule has 0 atom stereocenters. The van der Waals surface area contributed by atoms with Crippen LogP contribution in [0.15, 0.2) is 63.6 Å². The Morgan fingerprint density at radius 1 is 1.12 bits per heavy atom. The molecule has 0 unspecified atom stereocenters. The van der Waals surface area contributed by atoms with E-state index in [2.05, 4.69) is 31.0 Å². The number of fused-ring (bicyclic) bond motifs is 1. The van der Waals surface area contributed by atoms with Gasteiger partial charge in [0.25, 0.3) is 5.56 Å². The summed E-state index contributed by atoms with van der Waals surface area (Å²) < 4.78 is 3.23. The molecular formula is C18H13BrN4OS. The molecule has 4 rings (SSSR count). The average molecular weight is 413 g/mol. The fraction of sp³-hybridized carbons (Fsp3) is 0.111. The predicted octanol–water partition coefficient (Wildman–Crippen LogP) is 3.92. The first-order valence-electron chi connectivity index (χ1n) is 7.72. The Hall–Kier alpha value is -2.38. The van der Waals surface area contributed by atoms with E-state index in [1.54, 1.807) is 18.6 Å². The van der Waals surface area contributed by atoms with Gasteiger partial charge in [0.1, 0.15) is 5.69 Å². The average Bonchev–Trinajstić information content (AvgIpc) is 3.05. The largest absolute Gasteiger partial charge is 0.276 e. The van der Waals surface area contributed by atoms with Gasteiger partial charge < -0.3 is 0 Å². The molecule has 4 aromatic rings. The lowest BCUT2D eigenvalue weighted by Gasteiger charge is -2.09. The van der Waals surface area contributed by atoms with Crippen molar-refractivity contribution in [3.8, 4) is 11.3 Å². The summed E-state index contributed by atoms with van der Waals surface area (Å²) in [5.74, 6) is 0. The topological polar surface area (TPSA) is 60.7 Å². The number of hydrogen-bond acceptors (Lipinski definition) is 5. The summed E-state index contributed by atoms with van der Waals surface area (Å²) in [4.78, 5) is 21.2. The van der Waals surface area contributed by atoms with E-state index in [1.807, 2.05) is 35.7 Å². The maximum absolute atomic E-state index is 12.9. The standard InChI is InChI=1S/C18H13BrN4OS/c19-14-11-25-17-15(14)18(24)23(10-6-13-3-1-2-7-21-13)22-16(17)12-4-8-20-9-5-12/h1-5,7-9,11H,6,10H2. The van der Waals surface area contributed by atoms with Crippen LogP contribution in [0.5, 0.6) is 0 Å². The van der Waals surface area contributed by atoms with Crippen LogP contribution in [0, 0.1) is 0 Å². The van der Waals surface area contributed by atoms with Gasteiger partial charge in [0.2, 0.25) is 0 Å². The lowest BCUT2D eigenvalue weighted by Crippen LogP contribution is -2.24. The smallest absolute Gasteiger partial charge is 0.267 e. The van der Waals surface area contributed by atoms with E-state index < -0.39 is 0 Å². The second-order valence-electron chi connectivity index (χ2n) is 5.47. The van der Waals surface area contributed by atoms with Crippen LogP contribution < -0.4 is 5.56 Å². The van der Waals surface area contributed by atoms with Gasteiger partial charge in [0, 0.05) is 46.1 Å². The quantitative estimate of drug-likeness (QED) is 0.509. The minimum Gasteiger partial charge on any atom is -0.267 e. The van der Waals surface area contributed by atoms with Crippen molar-refractivity contribution in [1.29, 1.82) is 0 Å². The molecule has 5 nitrogen and oxygen atoms in total. The van der Waals surface area contributed by atoms with Gasteiger partial charge in [-0.05, 0) is 40.2 Å². The molecule has 4 heterocycles. The Kier molecular flexibility index (Phi) is 4.42. The molecule has 7 heteroatoms. The zero-order valence-electron chi connectivity index (χ0n) is 13.1. The van der Waals surface area contributed by atoms with E-state index in [9.17, 15) is 4.79 Å². The molecule has 124 valence electrons. The lowest BCUT2D eigenvalue weighted by atomic mass is 10.1. The minimum atomic E-state index is -0.0862. The normalized spacial score (nSPS) is 11.1. The van der Waals surface area contributed by atoms with Crippen LogP contribution in [0.4, 0.5) is 0 Å². The van der Waals surface area contributed by atoms with Gasteiger partial charge in [0.15, 0.2) is 0 Å². The summed E-state index contributed by atoms with van der Waals surface area (Å²) in [6.45, 7) is 0.478. The van der Waals surface area contributed by atoms with Gasteiger partial charge in [-0.1, -0.05) is 6.07 Å². The Morgan fingerprint density at radius 3 is 2.72 bits per heavy atom. The Balaban J connectivity index is 1.83. The highest BCUT2D eigenvalue weighted by atomic mass is 79.9. The lowest BCUT2D eigenvalue weighted by molar-refractivity contribution is 0.582. The molecule has 0 radical (unpaired) electrons. The third-order valence-electron chi connectivity index (χ3n) is 3.89. The fourth-order valence-electron chi connectivity index (χ4n) is 2.67. The van der Waals surface area contributed by atoms with Crippen molar-refractivity contribution in [3.05, 3.63) is 74.8 Å². The number of aromatic nitrogens is 4. The number of nitrogens with zero attached hydrogens (tertiary/aromatic N) is 4. The van der Waals surface area contributed by atoms with Crippen LogP contribution in [0.3, 0.4) is 0 Å². The summed E-state index contributed by atoms with van der Waals surface area (Å²) in [6, 6.07) is 9.59. The third-order valence-corrected chi connectivity index (χ3v) is 5.81. The molecular weight excluding hydrogens is 400 g/mol. The molecule has 0 amide bonds. The first-order chi connectivity index (χ1) is 12.2. The Labute approximate surface area is 156 Å². The molecule has 0 aliphatic rings. The van der Waals surface area contributed by atoms with Crippen LogP contribution in [0.1, 0.15) is 5.69 Å². The van der Waals surface area contributed by atoms with Gasteiger partial charge in [-0.2, -0.15) is 5.10 Å². The fourth-order valence-corrected chi connectivity index (χ4v) is 4.37. The predicted molar refractivity (Wildman–Crippen MR) is 103 cm³/mol. The zero-order valence-corrected chi connectivity index (χ0v) is 15.5. The molecule has 0 N–H and O–H groups in total. The molecule has 0 aliphatic carbocycles. The molecule has 0 aromatic carbocycles. The number of pyridine rings is 2. The van der Waals surface area contributed by atoms with Gasteiger partial charge in [-0.3, -0.25) is 14.8 Å². The molecule has 4 aromatic heterocycles. The summed E-state index contributed by atoms with van der Waals surface area (Å²) in [7, 11) is 0. The third kappa shape index (κ3) is 3.12. The van der Waals surface area contributed by atoms with E-state index in [1.165, 1.54) is 16.0 Å². The van der Waals surface area contributed by atoms with E-state index in [0.29, 0.717) is 18.4 Å². The second kappa shape index (κ2) is 6.85. The van der Waals surface area contributed by atoms with Crippen LogP contribution in [0.25, 0.3) is 21.3 Å². The highest BCUT2D eigenvalue weighted by Gasteiger charge is 2.16. The summed E-state index contributed by atoms with van der Waals surface area (Å²) in [6.07, 6.45) is 5.87. The van der Waals surface area contributed by atoms with Crippen molar-refractivity contribution < 1.29 is 0 Å². The van der Waals surface area contributed by atoms with Crippen molar-refractivity contribution in [2.75, 3.05) is 0 Å². The number of thiophene rings is 1. The first kappa shape index (κ1) is 16.1. The van der Waals surface area contributed by atoms with E-state index in [0.717, 1.165) is 26.1 Å². The molecule has 0 aliphatic heterocycles. The second-order valence-corrected chi connectivity index (χ2v) is 7.21.